The molecule has 2 atom stereocenters. The van der Waals surface area contributed by atoms with Crippen molar-refractivity contribution in [1.29, 1.82) is 0 Å². The van der Waals surface area contributed by atoms with Gasteiger partial charge in [-0.05, 0) is 30.9 Å². The molecule has 2 unspecified atom stereocenters. The molecule has 92 valence electrons. The number of ether oxygens (including phenoxy) is 1. The molecule has 0 radical (unpaired) electrons. The molecule has 1 aliphatic rings. The lowest BCUT2D eigenvalue weighted by Gasteiger charge is -2.26. The van der Waals surface area contributed by atoms with E-state index in [1.807, 2.05) is 24.3 Å². The van der Waals surface area contributed by atoms with E-state index in [1.54, 1.807) is 0 Å². The predicted molar refractivity (Wildman–Crippen MR) is 68.7 cm³/mol. The van der Waals surface area contributed by atoms with Gasteiger partial charge < -0.3 is 9.84 Å². The van der Waals surface area contributed by atoms with Crippen molar-refractivity contribution >= 4 is 0 Å². The summed E-state index contributed by atoms with van der Waals surface area (Å²) in [5, 5.41) is 10.4. The van der Waals surface area contributed by atoms with E-state index >= 15 is 0 Å². The van der Waals surface area contributed by atoms with Crippen LogP contribution < -0.4 is 0 Å². The Kier molecular flexibility index (Phi) is 4.21. The standard InChI is InChI=1S/C15H20O2/c1-2-13(12-8-4-3-5-9-12)15(16)14-10-6-7-11-17-14/h3-5,8-10,13,15-16H,2,6-7,11H2,1H3. The van der Waals surface area contributed by atoms with Crippen molar-refractivity contribution in [3.05, 3.63) is 47.7 Å². The zero-order chi connectivity index (χ0) is 12.1. The molecule has 0 aliphatic carbocycles. The normalized spacial score (nSPS) is 19.1. The van der Waals surface area contributed by atoms with Crippen LogP contribution in [0.2, 0.25) is 0 Å². The van der Waals surface area contributed by atoms with Crippen LogP contribution in [-0.2, 0) is 4.74 Å². The summed E-state index contributed by atoms with van der Waals surface area (Å²) in [6.45, 7) is 2.83. The Morgan fingerprint density at radius 1 is 1.29 bits per heavy atom. The van der Waals surface area contributed by atoms with Gasteiger partial charge in [-0.2, -0.15) is 0 Å². The third-order valence-electron chi connectivity index (χ3n) is 3.30. The number of aliphatic hydroxyl groups excluding tert-OH is 1. The Hall–Kier alpha value is -1.28. The van der Waals surface area contributed by atoms with Gasteiger partial charge in [-0.1, -0.05) is 37.3 Å². The van der Waals surface area contributed by atoms with Crippen molar-refractivity contribution in [3.63, 3.8) is 0 Å². The highest BCUT2D eigenvalue weighted by molar-refractivity contribution is 5.23. The third kappa shape index (κ3) is 2.89. The van der Waals surface area contributed by atoms with Crippen LogP contribution >= 0.6 is 0 Å². The van der Waals surface area contributed by atoms with Gasteiger partial charge in [0.15, 0.2) is 0 Å². The lowest BCUT2D eigenvalue weighted by Crippen LogP contribution is -2.23. The molecular formula is C15H20O2. The van der Waals surface area contributed by atoms with E-state index in [-0.39, 0.29) is 5.92 Å². The van der Waals surface area contributed by atoms with E-state index in [9.17, 15) is 5.11 Å². The van der Waals surface area contributed by atoms with E-state index in [2.05, 4.69) is 19.1 Å². The topological polar surface area (TPSA) is 29.5 Å². The minimum absolute atomic E-state index is 0.126. The van der Waals surface area contributed by atoms with Gasteiger partial charge in [0, 0.05) is 5.92 Å². The minimum Gasteiger partial charge on any atom is -0.495 e. The first-order valence-electron chi connectivity index (χ1n) is 6.38. The van der Waals surface area contributed by atoms with E-state index in [4.69, 9.17) is 4.74 Å². The van der Waals surface area contributed by atoms with Crippen molar-refractivity contribution in [3.8, 4) is 0 Å². The first kappa shape index (κ1) is 12.2. The van der Waals surface area contributed by atoms with Crippen LogP contribution in [0.4, 0.5) is 0 Å². The summed E-state index contributed by atoms with van der Waals surface area (Å²) >= 11 is 0. The molecule has 0 aromatic heterocycles. The van der Waals surface area contributed by atoms with Crippen LogP contribution in [-0.4, -0.2) is 17.8 Å². The lowest BCUT2D eigenvalue weighted by atomic mass is 9.89. The van der Waals surface area contributed by atoms with Crippen LogP contribution in [0.3, 0.4) is 0 Å². The second kappa shape index (κ2) is 5.87. The molecule has 0 spiro atoms. The first-order chi connectivity index (χ1) is 8.33. The van der Waals surface area contributed by atoms with Crippen LogP contribution in [0.25, 0.3) is 0 Å². The van der Waals surface area contributed by atoms with Gasteiger partial charge in [0.2, 0.25) is 0 Å². The van der Waals surface area contributed by atoms with Gasteiger partial charge in [0.1, 0.15) is 11.9 Å². The smallest absolute Gasteiger partial charge is 0.121 e. The molecule has 0 saturated carbocycles. The van der Waals surface area contributed by atoms with E-state index in [0.717, 1.165) is 31.6 Å². The van der Waals surface area contributed by atoms with E-state index < -0.39 is 6.10 Å². The number of rotatable bonds is 4. The number of aliphatic hydroxyl groups is 1. The monoisotopic (exact) mass is 232 g/mol. The fraction of sp³-hybridized carbons (Fsp3) is 0.467. The summed E-state index contributed by atoms with van der Waals surface area (Å²) < 4.78 is 5.56. The van der Waals surface area contributed by atoms with Crippen molar-refractivity contribution in [2.24, 2.45) is 0 Å². The second-order valence-corrected chi connectivity index (χ2v) is 4.47. The highest BCUT2D eigenvalue weighted by Gasteiger charge is 2.25. The maximum Gasteiger partial charge on any atom is 0.121 e. The number of benzene rings is 1. The molecule has 1 aliphatic heterocycles. The number of allylic oxidation sites excluding steroid dienone is 1. The fourth-order valence-corrected chi connectivity index (χ4v) is 2.32. The van der Waals surface area contributed by atoms with Crippen molar-refractivity contribution in [1.82, 2.24) is 0 Å². The Morgan fingerprint density at radius 2 is 2.06 bits per heavy atom. The summed E-state index contributed by atoms with van der Waals surface area (Å²) in [4.78, 5) is 0. The highest BCUT2D eigenvalue weighted by atomic mass is 16.5. The molecule has 2 heteroatoms. The Morgan fingerprint density at radius 3 is 2.65 bits per heavy atom. The quantitative estimate of drug-likeness (QED) is 0.863. The summed E-state index contributed by atoms with van der Waals surface area (Å²) in [6.07, 6.45) is 4.49. The average molecular weight is 232 g/mol. The van der Waals surface area contributed by atoms with Gasteiger partial charge >= 0.3 is 0 Å². The molecule has 1 aromatic rings. The van der Waals surface area contributed by atoms with Crippen molar-refractivity contribution in [2.45, 2.75) is 38.2 Å². The minimum atomic E-state index is -0.511. The fourth-order valence-electron chi connectivity index (χ4n) is 2.32. The third-order valence-corrected chi connectivity index (χ3v) is 3.30. The zero-order valence-electron chi connectivity index (χ0n) is 10.3. The molecule has 0 amide bonds. The van der Waals surface area contributed by atoms with Gasteiger partial charge in [0.25, 0.3) is 0 Å². The summed E-state index contributed by atoms with van der Waals surface area (Å²) in [5.41, 5.74) is 1.18. The van der Waals surface area contributed by atoms with Crippen LogP contribution in [0, 0.1) is 0 Å². The molecule has 1 aromatic carbocycles. The van der Waals surface area contributed by atoms with E-state index in [0.29, 0.717) is 0 Å². The van der Waals surface area contributed by atoms with Gasteiger partial charge in [-0.15, -0.1) is 0 Å². The largest absolute Gasteiger partial charge is 0.495 e. The van der Waals surface area contributed by atoms with Crippen molar-refractivity contribution in [2.75, 3.05) is 6.61 Å². The van der Waals surface area contributed by atoms with Gasteiger partial charge in [-0.3, -0.25) is 0 Å². The Balaban J connectivity index is 2.15. The SMILES string of the molecule is CCC(c1ccccc1)C(O)C1=CCCCO1. The van der Waals surface area contributed by atoms with Gasteiger partial charge in [-0.25, -0.2) is 0 Å². The molecule has 0 saturated heterocycles. The number of hydrogen-bond acceptors (Lipinski definition) is 2. The first-order valence-corrected chi connectivity index (χ1v) is 6.38. The maximum absolute atomic E-state index is 10.4. The lowest BCUT2D eigenvalue weighted by molar-refractivity contribution is 0.0741. The Bertz CT molecular complexity index is 370. The Labute approximate surface area is 103 Å². The second-order valence-electron chi connectivity index (χ2n) is 4.47. The molecule has 17 heavy (non-hydrogen) atoms. The van der Waals surface area contributed by atoms with Crippen LogP contribution in [0.15, 0.2) is 42.2 Å². The molecular weight excluding hydrogens is 212 g/mol. The predicted octanol–water partition coefficient (Wildman–Crippen LogP) is 3.24. The summed E-state index contributed by atoms with van der Waals surface area (Å²) in [6, 6.07) is 10.2. The zero-order valence-corrected chi connectivity index (χ0v) is 10.3. The number of hydrogen-bond donors (Lipinski definition) is 1. The van der Waals surface area contributed by atoms with E-state index in [1.165, 1.54) is 5.56 Å². The molecule has 0 bridgehead atoms. The van der Waals surface area contributed by atoms with Crippen molar-refractivity contribution < 1.29 is 9.84 Å². The van der Waals surface area contributed by atoms with Crippen LogP contribution in [0.5, 0.6) is 0 Å². The molecule has 2 rings (SSSR count). The molecule has 0 fully saturated rings. The highest BCUT2D eigenvalue weighted by Crippen LogP contribution is 2.29. The molecule has 1 N–H and O–H groups in total. The molecule has 2 nitrogen and oxygen atoms in total. The van der Waals surface area contributed by atoms with Gasteiger partial charge in [0.05, 0.1) is 6.61 Å². The maximum atomic E-state index is 10.4. The summed E-state index contributed by atoms with van der Waals surface area (Å²) in [7, 11) is 0. The summed E-state index contributed by atoms with van der Waals surface area (Å²) in [5.74, 6) is 0.882. The molecule has 1 heterocycles. The average Bonchev–Trinajstić information content (AvgIpc) is 2.42. The van der Waals surface area contributed by atoms with Crippen LogP contribution in [0.1, 0.15) is 37.7 Å².